The summed E-state index contributed by atoms with van der Waals surface area (Å²) < 4.78 is 0.517. The molecular formula is C8H12ClNO2S. The summed E-state index contributed by atoms with van der Waals surface area (Å²) >= 11 is 7.13. The van der Waals surface area contributed by atoms with Gasteiger partial charge in [-0.15, -0.1) is 11.3 Å². The van der Waals surface area contributed by atoms with Gasteiger partial charge in [0, 0.05) is 5.56 Å². The Morgan fingerprint density at radius 1 is 1.54 bits per heavy atom. The number of hydrogen-bond acceptors (Lipinski definition) is 4. The Morgan fingerprint density at radius 3 is 2.69 bits per heavy atom. The molecule has 3 nitrogen and oxygen atoms in total. The quantitative estimate of drug-likeness (QED) is 0.715. The molecule has 0 saturated heterocycles. The van der Waals surface area contributed by atoms with Crippen LogP contribution in [0.3, 0.4) is 0 Å². The first-order valence-corrected chi connectivity index (χ1v) is 5.21. The molecule has 0 aliphatic heterocycles. The maximum atomic E-state index is 9.61. The monoisotopic (exact) mass is 221 g/mol. The highest BCUT2D eigenvalue weighted by molar-refractivity contribution is 7.14. The van der Waals surface area contributed by atoms with E-state index >= 15 is 0 Å². The predicted molar refractivity (Wildman–Crippen MR) is 54.0 cm³/mol. The zero-order valence-electron chi connectivity index (χ0n) is 6.98. The number of rotatable bonds is 4. The van der Waals surface area contributed by atoms with Gasteiger partial charge in [-0.05, 0) is 24.4 Å². The van der Waals surface area contributed by atoms with E-state index in [1.54, 1.807) is 11.4 Å². The van der Waals surface area contributed by atoms with E-state index in [4.69, 9.17) is 17.3 Å². The number of aliphatic hydroxyl groups excluding tert-OH is 2. The van der Waals surface area contributed by atoms with Crippen LogP contribution in [0.25, 0.3) is 0 Å². The number of nitrogens with two attached hydrogens (primary N) is 1. The molecule has 2 atom stereocenters. The maximum absolute atomic E-state index is 9.61. The third-order valence-corrected chi connectivity index (χ3v) is 2.99. The Kier molecular flexibility index (Phi) is 4.15. The Labute approximate surface area is 85.8 Å². The van der Waals surface area contributed by atoms with E-state index in [-0.39, 0.29) is 0 Å². The second kappa shape index (κ2) is 4.93. The minimum Gasteiger partial charge on any atom is -0.390 e. The second-order valence-corrected chi connectivity index (χ2v) is 4.26. The van der Waals surface area contributed by atoms with Crippen LogP contribution in [0, 0.1) is 0 Å². The van der Waals surface area contributed by atoms with Crippen molar-refractivity contribution in [1.29, 1.82) is 0 Å². The van der Waals surface area contributed by atoms with Gasteiger partial charge in [-0.1, -0.05) is 11.6 Å². The molecule has 0 amide bonds. The minimum absolute atomic E-state index is 0.347. The van der Waals surface area contributed by atoms with E-state index in [0.717, 1.165) is 0 Å². The molecule has 13 heavy (non-hydrogen) atoms. The summed E-state index contributed by atoms with van der Waals surface area (Å²) in [6.45, 7) is 0.347. The molecule has 0 aliphatic carbocycles. The Hall–Kier alpha value is -0.130. The Bertz CT molecular complexity index is 266. The molecule has 0 spiro atoms. The second-order valence-electron chi connectivity index (χ2n) is 2.74. The van der Waals surface area contributed by atoms with Crippen molar-refractivity contribution in [2.75, 3.05) is 6.54 Å². The van der Waals surface area contributed by atoms with Crippen molar-refractivity contribution >= 4 is 22.9 Å². The van der Waals surface area contributed by atoms with Gasteiger partial charge in [0.05, 0.1) is 10.4 Å². The molecule has 0 bridgehead atoms. The molecular weight excluding hydrogens is 210 g/mol. The maximum Gasteiger partial charge on any atom is 0.107 e. The molecule has 1 heterocycles. The van der Waals surface area contributed by atoms with Crippen LogP contribution >= 0.6 is 22.9 Å². The molecule has 1 rings (SSSR count). The molecule has 0 aliphatic rings. The number of thiophene rings is 1. The third kappa shape index (κ3) is 2.65. The van der Waals surface area contributed by atoms with Crippen LogP contribution in [-0.2, 0) is 0 Å². The van der Waals surface area contributed by atoms with Crippen LogP contribution in [0.1, 0.15) is 18.1 Å². The fourth-order valence-corrected chi connectivity index (χ4v) is 2.04. The molecule has 0 radical (unpaired) electrons. The van der Waals surface area contributed by atoms with Crippen LogP contribution < -0.4 is 5.73 Å². The first-order valence-electron chi connectivity index (χ1n) is 3.96. The fourth-order valence-electron chi connectivity index (χ4n) is 1.05. The standard InChI is InChI=1S/C8H12ClNO2S/c9-8-5(2-4-13-8)7(12)6(11)1-3-10/h2,4,6-7,11-12H,1,3,10H2. The van der Waals surface area contributed by atoms with Gasteiger partial charge >= 0.3 is 0 Å². The summed E-state index contributed by atoms with van der Waals surface area (Å²) in [5, 5.41) is 20.8. The highest BCUT2D eigenvalue weighted by Crippen LogP contribution is 2.30. The summed E-state index contributed by atoms with van der Waals surface area (Å²) in [6.07, 6.45) is -1.40. The average molecular weight is 222 g/mol. The molecule has 0 fully saturated rings. The van der Waals surface area contributed by atoms with Crippen LogP contribution in [0.2, 0.25) is 4.34 Å². The van der Waals surface area contributed by atoms with Gasteiger partial charge in [0.1, 0.15) is 6.10 Å². The molecule has 1 aromatic heterocycles. The topological polar surface area (TPSA) is 66.5 Å². The molecule has 0 aromatic carbocycles. The molecule has 0 saturated carbocycles. The van der Waals surface area contributed by atoms with Crippen LogP contribution in [0.5, 0.6) is 0 Å². The van der Waals surface area contributed by atoms with Gasteiger partial charge in [0.15, 0.2) is 0 Å². The number of hydrogen-bond donors (Lipinski definition) is 3. The molecule has 1 aromatic rings. The van der Waals surface area contributed by atoms with Crippen LogP contribution in [0.4, 0.5) is 0 Å². The van der Waals surface area contributed by atoms with Crippen molar-refractivity contribution in [3.63, 3.8) is 0 Å². The molecule has 4 N–H and O–H groups in total. The molecule has 2 unspecified atom stereocenters. The number of halogens is 1. The van der Waals surface area contributed by atoms with E-state index in [1.165, 1.54) is 11.3 Å². The third-order valence-electron chi connectivity index (χ3n) is 1.79. The highest BCUT2D eigenvalue weighted by atomic mass is 35.5. The largest absolute Gasteiger partial charge is 0.390 e. The van der Waals surface area contributed by atoms with E-state index in [1.807, 2.05) is 0 Å². The summed E-state index contributed by atoms with van der Waals surface area (Å²) in [4.78, 5) is 0. The fraction of sp³-hybridized carbons (Fsp3) is 0.500. The van der Waals surface area contributed by atoms with Gasteiger partial charge in [-0.3, -0.25) is 0 Å². The SMILES string of the molecule is NCCC(O)C(O)c1ccsc1Cl. The Morgan fingerprint density at radius 2 is 2.23 bits per heavy atom. The van der Waals surface area contributed by atoms with Crippen molar-refractivity contribution in [1.82, 2.24) is 0 Å². The summed E-state index contributed by atoms with van der Waals surface area (Å²) in [6, 6.07) is 1.71. The van der Waals surface area contributed by atoms with E-state index in [2.05, 4.69) is 0 Å². The normalized spacial score (nSPS) is 15.7. The van der Waals surface area contributed by atoms with Gasteiger partial charge in [-0.25, -0.2) is 0 Å². The lowest BCUT2D eigenvalue weighted by Crippen LogP contribution is -2.21. The summed E-state index contributed by atoms with van der Waals surface area (Å²) in [5.41, 5.74) is 5.83. The van der Waals surface area contributed by atoms with Crippen molar-refractivity contribution < 1.29 is 10.2 Å². The smallest absolute Gasteiger partial charge is 0.107 e. The van der Waals surface area contributed by atoms with Crippen LogP contribution in [-0.4, -0.2) is 22.9 Å². The number of aliphatic hydroxyl groups is 2. The van der Waals surface area contributed by atoms with Crippen LogP contribution in [0.15, 0.2) is 11.4 Å². The predicted octanol–water partition coefficient (Wildman–Crippen LogP) is 1.14. The summed E-state index contributed by atoms with van der Waals surface area (Å²) in [7, 11) is 0. The highest BCUT2D eigenvalue weighted by Gasteiger charge is 2.20. The van der Waals surface area contributed by atoms with Gasteiger partial charge in [0.25, 0.3) is 0 Å². The van der Waals surface area contributed by atoms with Crippen molar-refractivity contribution in [2.45, 2.75) is 18.6 Å². The zero-order valence-corrected chi connectivity index (χ0v) is 8.55. The minimum atomic E-state index is -0.928. The lowest BCUT2D eigenvalue weighted by Gasteiger charge is -2.16. The lowest BCUT2D eigenvalue weighted by molar-refractivity contribution is 0.0153. The molecule has 5 heteroatoms. The zero-order chi connectivity index (χ0) is 9.84. The first kappa shape index (κ1) is 10.9. The van der Waals surface area contributed by atoms with E-state index in [0.29, 0.717) is 22.9 Å². The lowest BCUT2D eigenvalue weighted by atomic mass is 10.1. The Balaban J connectivity index is 2.67. The van der Waals surface area contributed by atoms with Gasteiger partial charge in [-0.2, -0.15) is 0 Å². The van der Waals surface area contributed by atoms with Crippen molar-refractivity contribution in [3.05, 3.63) is 21.3 Å². The van der Waals surface area contributed by atoms with Gasteiger partial charge < -0.3 is 15.9 Å². The summed E-state index contributed by atoms with van der Waals surface area (Å²) in [5.74, 6) is 0. The van der Waals surface area contributed by atoms with Crippen molar-refractivity contribution in [3.8, 4) is 0 Å². The molecule has 74 valence electrons. The average Bonchev–Trinajstić information content (AvgIpc) is 2.50. The first-order chi connectivity index (χ1) is 6.16. The van der Waals surface area contributed by atoms with Crippen molar-refractivity contribution in [2.24, 2.45) is 5.73 Å². The van der Waals surface area contributed by atoms with E-state index < -0.39 is 12.2 Å². The van der Waals surface area contributed by atoms with E-state index in [9.17, 15) is 10.2 Å². The van der Waals surface area contributed by atoms with Gasteiger partial charge in [0.2, 0.25) is 0 Å².